The van der Waals surface area contributed by atoms with Crippen LogP contribution in [0.2, 0.25) is 0 Å². The van der Waals surface area contributed by atoms with Crippen LogP contribution in [-0.2, 0) is 19.1 Å². The van der Waals surface area contributed by atoms with Crippen molar-refractivity contribution < 1.29 is 23.9 Å². The van der Waals surface area contributed by atoms with E-state index in [4.69, 9.17) is 9.47 Å². The minimum Gasteiger partial charge on any atom is -0.497 e. The van der Waals surface area contributed by atoms with Crippen LogP contribution in [0.5, 0.6) is 5.75 Å². The van der Waals surface area contributed by atoms with Crippen molar-refractivity contribution in [2.45, 2.75) is 26.8 Å². The molecule has 0 saturated heterocycles. The molecule has 0 saturated carbocycles. The molecule has 1 aromatic carbocycles. The van der Waals surface area contributed by atoms with E-state index in [9.17, 15) is 14.4 Å². The molecule has 0 spiro atoms. The van der Waals surface area contributed by atoms with Crippen LogP contribution in [-0.4, -0.2) is 44.1 Å². The number of nitrogens with one attached hydrogen (secondary N) is 2. The van der Waals surface area contributed by atoms with Gasteiger partial charge in [0.15, 0.2) is 6.61 Å². The molecule has 142 valence electrons. The first kappa shape index (κ1) is 21.2. The standard InChI is InChI=1S/C19H26N2O5/c1-13(2)11-20-18(23)12-26-19(24)14(3)21-17(22)10-7-15-5-8-16(25-4)9-6-15/h5-10,13-14H,11-12H2,1-4H3,(H,20,23)(H,21,22). The van der Waals surface area contributed by atoms with E-state index in [0.29, 0.717) is 12.5 Å². The Morgan fingerprint density at radius 2 is 1.77 bits per heavy atom. The van der Waals surface area contributed by atoms with Crippen LogP contribution in [0.3, 0.4) is 0 Å². The number of rotatable bonds is 9. The van der Waals surface area contributed by atoms with Gasteiger partial charge in [-0.2, -0.15) is 0 Å². The van der Waals surface area contributed by atoms with E-state index in [0.717, 1.165) is 11.3 Å². The SMILES string of the molecule is COc1ccc(C=CC(=O)NC(C)C(=O)OCC(=O)NCC(C)C)cc1. The maximum absolute atomic E-state index is 11.9. The fraction of sp³-hybridized carbons (Fsp3) is 0.421. The Balaban J connectivity index is 2.38. The lowest BCUT2D eigenvalue weighted by atomic mass is 10.2. The molecule has 0 fully saturated rings. The summed E-state index contributed by atoms with van der Waals surface area (Å²) in [7, 11) is 1.58. The minimum absolute atomic E-state index is 0.311. The zero-order valence-electron chi connectivity index (χ0n) is 15.6. The van der Waals surface area contributed by atoms with E-state index in [1.54, 1.807) is 37.5 Å². The van der Waals surface area contributed by atoms with Gasteiger partial charge in [-0.15, -0.1) is 0 Å². The fourth-order valence-electron chi connectivity index (χ4n) is 1.84. The number of hydrogen-bond acceptors (Lipinski definition) is 5. The van der Waals surface area contributed by atoms with Crippen LogP contribution >= 0.6 is 0 Å². The third kappa shape index (κ3) is 8.32. The van der Waals surface area contributed by atoms with Crippen molar-refractivity contribution >= 4 is 23.9 Å². The summed E-state index contributed by atoms with van der Waals surface area (Å²) in [6.45, 7) is 5.56. The normalized spacial score (nSPS) is 11.9. The largest absolute Gasteiger partial charge is 0.497 e. The summed E-state index contributed by atoms with van der Waals surface area (Å²) in [5.41, 5.74) is 0.818. The summed E-state index contributed by atoms with van der Waals surface area (Å²) in [6, 6.07) is 6.30. The highest BCUT2D eigenvalue weighted by Gasteiger charge is 2.17. The van der Waals surface area contributed by atoms with Gasteiger partial charge in [-0.3, -0.25) is 9.59 Å². The molecule has 1 rings (SSSR count). The predicted molar refractivity (Wildman–Crippen MR) is 98.4 cm³/mol. The molecule has 7 heteroatoms. The highest BCUT2D eigenvalue weighted by Crippen LogP contribution is 2.12. The molecule has 2 N–H and O–H groups in total. The molecule has 0 radical (unpaired) electrons. The van der Waals surface area contributed by atoms with Gasteiger partial charge in [0, 0.05) is 12.6 Å². The molecule has 1 atom stereocenters. The molecule has 0 aliphatic carbocycles. The van der Waals surface area contributed by atoms with Crippen molar-refractivity contribution in [1.82, 2.24) is 10.6 Å². The Morgan fingerprint density at radius 1 is 1.12 bits per heavy atom. The minimum atomic E-state index is -0.860. The number of hydrogen-bond donors (Lipinski definition) is 2. The average Bonchev–Trinajstić information content (AvgIpc) is 2.62. The first-order valence-electron chi connectivity index (χ1n) is 8.37. The molecule has 1 aromatic rings. The second-order valence-corrected chi connectivity index (χ2v) is 6.14. The van der Waals surface area contributed by atoms with Gasteiger partial charge in [0.05, 0.1) is 7.11 Å². The lowest BCUT2D eigenvalue weighted by Gasteiger charge is -2.12. The molecule has 0 aliphatic rings. The third-order valence-corrected chi connectivity index (χ3v) is 3.31. The lowest BCUT2D eigenvalue weighted by molar-refractivity contribution is -0.151. The maximum Gasteiger partial charge on any atom is 0.328 e. The number of esters is 1. The van der Waals surface area contributed by atoms with Gasteiger partial charge in [0.25, 0.3) is 5.91 Å². The van der Waals surface area contributed by atoms with Gasteiger partial charge in [0.2, 0.25) is 5.91 Å². The summed E-state index contributed by atoms with van der Waals surface area (Å²) in [5, 5.41) is 5.13. The van der Waals surface area contributed by atoms with E-state index >= 15 is 0 Å². The number of carbonyl (C=O) groups excluding carboxylic acids is 3. The van der Waals surface area contributed by atoms with E-state index < -0.39 is 17.9 Å². The molecule has 0 bridgehead atoms. The number of ether oxygens (including phenoxy) is 2. The van der Waals surface area contributed by atoms with Crippen LogP contribution in [0.15, 0.2) is 30.3 Å². The van der Waals surface area contributed by atoms with Crippen molar-refractivity contribution in [3.8, 4) is 5.75 Å². The first-order chi connectivity index (χ1) is 12.3. The molecule has 0 aliphatic heterocycles. The summed E-state index contributed by atoms with van der Waals surface area (Å²) in [6.07, 6.45) is 2.94. The zero-order chi connectivity index (χ0) is 19.5. The molecular weight excluding hydrogens is 336 g/mol. The first-order valence-corrected chi connectivity index (χ1v) is 8.37. The number of amides is 2. The quantitative estimate of drug-likeness (QED) is 0.513. The van der Waals surface area contributed by atoms with Gasteiger partial charge in [-0.1, -0.05) is 26.0 Å². The molecule has 0 aromatic heterocycles. The van der Waals surface area contributed by atoms with Crippen LogP contribution in [0.4, 0.5) is 0 Å². The lowest BCUT2D eigenvalue weighted by Crippen LogP contribution is -2.40. The Bertz CT molecular complexity index is 638. The van der Waals surface area contributed by atoms with E-state index in [1.807, 2.05) is 13.8 Å². The Morgan fingerprint density at radius 3 is 2.35 bits per heavy atom. The van der Waals surface area contributed by atoms with Crippen molar-refractivity contribution in [2.24, 2.45) is 5.92 Å². The molecule has 7 nitrogen and oxygen atoms in total. The van der Waals surface area contributed by atoms with Crippen LogP contribution in [0.25, 0.3) is 6.08 Å². The smallest absolute Gasteiger partial charge is 0.328 e. The highest BCUT2D eigenvalue weighted by atomic mass is 16.5. The van der Waals surface area contributed by atoms with Gasteiger partial charge in [0.1, 0.15) is 11.8 Å². The Hall–Kier alpha value is -2.83. The van der Waals surface area contributed by atoms with E-state index in [2.05, 4.69) is 10.6 Å². The van der Waals surface area contributed by atoms with Crippen molar-refractivity contribution in [2.75, 3.05) is 20.3 Å². The fourth-order valence-corrected chi connectivity index (χ4v) is 1.84. The average molecular weight is 362 g/mol. The summed E-state index contributed by atoms with van der Waals surface area (Å²) >= 11 is 0. The predicted octanol–water partition coefficient (Wildman–Crippen LogP) is 1.53. The Kier molecular flexibility index (Phi) is 8.91. The van der Waals surface area contributed by atoms with Crippen molar-refractivity contribution in [3.05, 3.63) is 35.9 Å². The Labute approximate surface area is 153 Å². The number of benzene rings is 1. The van der Waals surface area contributed by atoms with Gasteiger partial charge < -0.3 is 20.1 Å². The van der Waals surface area contributed by atoms with Gasteiger partial charge in [-0.25, -0.2) is 4.79 Å². The summed E-state index contributed by atoms with van der Waals surface area (Å²) in [4.78, 5) is 35.2. The van der Waals surface area contributed by atoms with Crippen LogP contribution in [0.1, 0.15) is 26.3 Å². The summed E-state index contributed by atoms with van der Waals surface area (Å²) in [5.74, 6) is -0.443. The molecule has 1 unspecified atom stereocenters. The summed E-state index contributed by atoms with van der Waals surface area (Å²) < 4.78 is 9.94. The molecule has 0 heterocycles. The van der Waals surface area contributed by atoms with Crippen molar-refractivity contribution in [3.63, 3.8) is 0 Å². The van der Waals surface area contributed by atoms with E-state index in [-0.39, 0.29) is 12.5 Å². The van der Waals surface area contributed by atoms with E-state index in [1.165, 1.54) is 13.0 Å². The van der Waals surface area contributed by atoms with Gasteiger partial charge >= 0.3 is 5.97 Å². The second-order valence-electron chi connectivity index (χ2n) is 6.14. The van der Waals surface area contributed by atoms with Crippen molar-refractivity contribution in [1.29, 1.82) is 0 Å². The molecule has 26 heavy (non-hydrogen) atoms. The van der Waals surface area contributed by atoms with Gasteiger partial charge in [-0.05, 0) is 36.6 Å². The number of carbonyl (C=O) groups is 3. The molecular formula is C19H26N2O5. The molecule has 2 amide bonds. The maximum atomic E-state index is 11.9. The highest BCUT2D eigenvalue weighted by molar-refractivity contribution is 5.94. The van der Waals surface area contributed by atoms with Crippen LogP contribution < -0.4 is 15.4 Å². The number of methoxy groups -OCH3 is 1. The second kappa shape index (κ2) is 10.9. The third-order valence-electron chi connectivity index (χ3n) is 3.31. The van der Waals surface area contributed by atoms with Crippen LogP contribution in [0, 0.1) is 5.92 Å². The monoisotopic (exact) mass is 362 g/mol. The topological polar surface area (TPSA) is 93.7 Å². The zero-order valence-corrected chi connectivity index (χ0v) is 15.6.